The zero-order valence-electron chi connectivity index (χ0n) is 14.7. The van der Waals surface area contributed by atoms with Crippen molar-refractivity contribution >= 4 is 22.9 Å². The van der Waals surface area contributed by atoms with Gasteiger partial charge >= 0.3 is 6.18 Å². The van der Waals surface area contributed by atoms with Crippen molar-refractivity contribution in [3.05, 3.63) is 52.2 Å². The molecule has 1 atom stereocenters. The molecule has 2 heterocycles. The van der Waals surface area contributed by atoms with Crippen LogP contribution in [0, 0.1) is 0 Å². The van der Waals surface area contributed by atoms with E-state index in [1.165, 1.54) is 12.1 Å². The quantitative estimate of drug-likeness (QED) is 0.752. The third kappa shape index (κ3) is 6.05. The molecular formula is C19H21F3N2O2S. The fourth-order valence-electron chi connectivity index (χ4n) is 3.03. The maximum Gasteiger partial charge on any atom is 0.416 e. The van der Waals surface area contributed by atoms with Crippen molar-refractivity contribution in [1.82, 2.24) is 4.90 Å². The van der Waals surface area contributed by atoms with Gasteiger partial charge in [-0.25, -0.2) is 0 Å². The fourth-order valence-corrected chi connectivity index (χ4v) is 3.78. The Morgan fingerprint density at radius 2 is 2.04 bits per heavy atom. The zero-order chi connectivity index (χ0) is 19.3. The maximum atomic E-state index is 12.6. The Morgan fingerprint density at radius 1 is 1.26 bits per heavy atom. The molecule has 0 spiro atoms. The molecule has 1 N–H and O–H groups in total. The number of nitrogens with one attached hydrogen (secondary N) is 1. The van der Waals surface area contributed by atoms with Crippen molar-refractivity contribution in [2.45, 2.75) is 31.7 Å². The number of carbonyl (C=O) groups is 1. The highest BCUT2D eigenvalue weighted by atomic mass is 32.1. The number of amides is 1. The Kier molecular flexibility index (Phi) is 6.51. The van der Waals surface area contributed by atoms with Gasteiger partial charge in [0.05, 0.1) is 18.2 Å². The van der Waals surface area contributed by atoms with Gasteiger partial charge in [-0.15, -0.1) is 11.3 Å². The summed E-state index contributed by atoms with van der Waals surface area (Å²) in [5.74, 6) is -0.260. The number of ether oxygens (including phenoxy) is 1. The van der Waals surface area contributed by atoms with Gasteiger partial charge in [0.25, 0.3) is 0 Å². The lowest BCUT2D eigenvalue weighted by molar-refractivity contribution is -0.137. The number of benzene rings is 1. The number of halogens is 3. The number of nitrogens with zero attached hydrogens (tertiary/aromatic N) is 1. The summed E-state index contributed by atoms with van der Waals surface area (Å²) in [6.07, 6.45) is -2.28. The standard InChI is InChI=1S/C19H21F3N2O2S/c20-19(21,22)14-5-7-15(8-6-14)23-18(25)13-24(11-16-3-1-9-26-16)12-17-4-2-10-27-17/h2,4-8,10,16H,1,3,9,11-13H2,(H,23,25)/t16-/m0/s1. The third-order valence-corrected chi connectivity index (χ3v) is 5.17. The highest BCUT2D eigenvalue weighted by molar-refractivity contribution is 7.09. The van der Waals surface area contributed by atoms with Crippen molar-refractivity contribution < 1.29 is 22.7 Å². The van der Waals surface area contributed by atoms with E-state index in [1.807, 2.05) is 22.4 Å². The SMILES string of the molecule is O=C(CN(Cc1cccs1)C[C@@H]1CCCO1)Nc1ccc(C(F)(F)F)cc1. The predicted octanol–water partition coefficient (Wildman–Crippen LogP) is 4.39. The first kappa shape index (κ1) is 19.9. The number of alkyl halides is 3. The molecule has 1 aromatic heterocycles. The first-order valence-electron chi connectivity index (χ1n) is 8.73. The lowest BCUT2D eigenvalue weighted by Gasteiger charge is -2.24. The molecule has 3 rings (SSSR count). The van der Waals surface area contributed by atoms with Crippen LogP contribution in [-0.4, -0.2) is 36.6 Å². The van der Waals surface area contributed by atoms with E-state index in [-0.39, 0.29) is 18.6 Å². The first-order chi connectivity index (χ1) is 12.9. The van der Waals surface area contributed by atoms with E-state index in [1.54, 1.807) is 11.3 Å². The molecule has 1 aliphatic rings. The molecule has 0 bridgehead atoms. The largest absolute Gasteiger partial charge is 0.416 e. The van der Waals surface area contributed by atoms with E-state index >= 15 is 0 Å². The molecule has 8 heteroatoms. The molecule has 27 heavy (non-hydrogen) atoms. The summed E-state index contributed by atoms with van der Waals surface area (Å²) in [7, 11) is 0. The number of carbonyl (C=O) groups excluding carboxylic acids is 1. The van der Waals surface area contributed by atoms with Crippen molar-refractivity contribution in [1.29, 1.82) is 0 Å². The second-order valence-corrected chi connectivity index (χ2v) is 7.54. The molecular weight excluding hydrogens is 377 g/mol. The second kappa shape index (κ2) is 8.86. The average molecular weight is 398 g/mol. The van der Waals surface area contributed by atoms with Crippen LogP contribution in [0.3, 0.4) is 0 Å². The summed E-state index contributed by atoms with van der Waals surface area (Å²) in [4.78, 5) is 15.6. The Hall–Kier alpha value is -1.90. The van der Waals surface area contributed by atoms with Gasteiger partial charge in [-0.1, -0.05) is 6.07 Å². The molecule has 1 saturated heterocycles. The summed E-state index contributed by atoms with van der Waals surface area (Å²) in [6.45, 7) is 2.18. The topological polar surface area (TPSA) is 41.6 Å². The second-order valence-electron chi connectivity index (χ2n) is 6.51. The molecule has 146 valence electrons. The van der Waals surface area contributed by atoms with Crippen LogP contribution < -0.4 is 5.32 Å². The van der Waals surface area contributed by atoms with E-state index < -0.39 is 11.7 Å². The lowest BCUT2D eigenvalue weighted by Crippen LogP contribution is -2.37. The summed E-state index contributed by atoms with van der Waals surface area (Å²) >= 11 is 1.62. The van der Waals surface area contributed by atoms with Crippen LogP contribution in [0.2, 0.25) is 0 Å². The number of anilines is 1. The molecule has 0 radical (unpaired) electrons. The molecule has 0 aliphatic carbocycles. The number of thiophene rings is 1. The van der Waals surface area contributed by atoms with E-state index in [9.17, 15) is 18.0 Å². The monoisotopic (exact) mass is 398 g/mol. The van der Waals surface area contributed by atoms with Gasteiger partial charge in [0.15, 0.2) is 0 Å². The number of rotatable bonds is 7. The maximum absolute atomic E-state index is 12.6. The van der Waals surface area contributed by atoms with Crippen molar-refractivity contribution in [3.8, 4) is 0 Å². The summed E-state index contributed by atoms with van der Waals surface area (Å²) in [5.41, 5.74) is -0.389. The molecule has 0 unspecified atom stereocenters. The highest BCUT2D eigenvalue weighted by Gasteiger charge is 2.30. The van der Waals surface area contributed by atoms with Crippen LogP contribution in [-0.2, 0) is 22.3 Å². The van der Waals surface area contributed by atoms with Gasteiger partial charge in [0.2, 0.25) is 5.91 Å². The average Bonchev–Trinajstić information content (AvgIpc) is 3.28. The van der Waals surface area contributed by atoms with Crippen molar-refractivity contribution in [2.75, 3.05) is 25.0 Å². The van der Waals surface area contributed by atoms with E-state index in [0.29, 0.717) is 18.8 Å². The first-order valence-corrected chi connectivity index (χ1v) is 9.61. The van der Waals surface area contributed by atoms with E-state index in [2.05, 4.69) is 5.32 Å². The van der Waals surface area contributed by atoms with Gasteiger partial charge in [-0.05, 0) is 48.6 Å². The normalized spacial score (nSPS) is 17.4. The Morgan fingerprint density at radius 3 is 2.63 bits per heavy atom. The van der Waals surface area contributed by atoms with Crippen LogP contribution >= 0.6 is 11.3 Å². The van der Waals surface area contributed by atoms with Crippen molar-refractivity contribution in [2.24, 2.45) is 0 Å². The van der Waals surface area contributed by atoms with Crippen LogP contribution in [0.5, 0.6) is 0 Å². The molecule has 1 aromatic carbocycles. The zero-order valence-corrected chi connectivity index (χ0v) is 15.5. The summed E-state index contributed by atoms with van der Waals surface area (Å²) < 4.78 is 43.5. The summed E-state index contributed by atoms with van der Waals surface area (Å²) in [5, 5.41) is 4.66. The molecule has 2 aromatic rings. The van der Waals surface area contributed by atoms with Crippen molar-refractivity contribution in [3.63, 3.8) is 0 Å². The van der Waals surface area contributed by atoms with Gasteiger partial charge in [-0.3, -0.25) is 9.69 Å². The number of hydrogen-bond donors (Lipinski definition) is 1. The minimum atomic E-state index is -4.39. The van der Waals surface area contributed by atoms with Gasteiger partial charge in [0.1, 0.15) is 0 Å². The molecule has 0 saturated carbocycles. The number of hydrogen-bond acceptors (Lipinski definition) is 4. The lowest BCUT2D eigenvalue weighted by atomic mass is 10.2. The van der Waals surface area contributed by atoms with Crippen LogP contribution in [0.4, 0.5) is 18.9 Å². The van der Waals surface area contributed by atoms with Crippen LogP contribution in [0.1, 0.15) is 23.3 Å². The minimum absolute atomic E-state index is 0.115. The fraction of sp³-hybridized carbons (Fsp3) is 0.421. The highest BCUT2D eigenvalue weighted by Crippen LogP contribution is 2.29. The smallest absolute Gasteiger partial charge is 0.377 e. The van der Waals surface area contributed by atoms with Gasteiger partial charge in [-0.2, -0.15) is 13.2 Å². The Labute approximate surface area is 159 Å². The minimum Gasteiger partial charge on any atom is -0.377 e. The van der Waals surface area contributed by atoms with Crippen LogP contribution in [0.25, 0.3) is 0 Å². The Balaban J connectivity index is 1.59. The predicted molar refractivity (Wildman–Crippen MR) is 98.6 cm³/mol. The van der Waals surface area contributed by atoms with Gasteiger partial charge in [0, 0.05) is 30.3 Å². The third-order valence-electron chi connectivity index (χ3n) is 4.31. The van der Waals surface area contributed by atoms with E-state index in [4.69, 9.17) is 4.74 Å². The Bertz CT molecular complexity index is 726. The molecule has 1 amide bonds. The van der Waals surface area contributed by atoms with Crippen LogP contribution in [0.15, 0.2) is 41.8 Å². The van der Waals surface area contributed by atoms with Gasteiger partial charge < -0.3 is 10.1 Å². The van der Waals surface area contributed by atoms with E-state index in [0.717, 1.165) is 36.5 Å². The summed E-state index contributed by atoms with van der Waals surface area (Å²) in [6, 6.07) is 8.44. The molecule has 1 fully saturated rings. The molecule has 4 nitrogen and oxygen atoms in total. The molecule has 1 aliphatic heterocycles.